The van der Waals surface area contributed by atoms with Gasteiger partial charge in [0.15, 0.2) is 0 Å². The van der Waals surface area contributed by atoms with Gasteiger partial charge in [-0.05, 0) is 25.1 Å². The molecule has 11 heteroatoms. The lowest BCUT2D eigenvalue weighted by Crippen LogP contribution is -2.34. The fourth-order valence-electron chi connectivity index (χ4n) is 2.44. The fourth-order valence-corrected chi connectivity index (χ4v) is 2.44. The second-order valence-electron chi connectivity index (χ2n) is 5.70. The van der Waals surface area contributed by atoms with Crippen LogP contribution in [-0.2, 0) is 18.9 Å². The van der Waals surface area contributed by atoms with E-state index in [9.17, 15) is 31.1 Å². The normalized spacial score (nSPS) is 12.3. The van der Waals surface area contributed by atoms with Gasteiger partial charge in [0.05, 0.1) is 41.7 Å². The van der Waals surface area contributed by atoms with Gasteiger partial charge in [-0.1, -0.05) is 0 Å². The number of rotatable bonds is 5. The Hall–Kier alpha value is -2.56. The molecule has 0 atom stereocenters. The number of benzene rings is 1. The molecular formula is C16H15F6N3O2. The summed E-state index contributed by atoms with van der Waals surface area (Å²) in [5, 5.41) is 9.10. The molecule has 2 rings (SSSR count). The monoisotopic (exact) mass is 395 g/mol. The summed E-state index contributed by atoms with van der Waals surface area (Å²) in [6.45, 7) is 0.577. The number of imidazole rings is 1. The van der Waals surface area contributed by atoms with Crippen molar-refractivity contribution in [3.05, 3.63) is 52.6 Å². The van der Waals surface area contributed by atoms with E-state index in [4.69, 9.17) is 5.11 Å². The molecule has 0 fully saturated rings. The lowest BCUT2D eigenvalue weighted by Gasteiger charge is -2.23. The number of hydrogen-bond donors (Lipinski definition) is 2. The van der Waals surface area contributed by atoms with Crippen LogP contribution < -0.4 is 0 Å². The van der Waals surface area contributed by atoms with Gasteiger partial charge in [0.1, 0.15) is 5.82 Å². The van der Waals surface area contributed by atoms with Crippen LogP contribution in [0.25, 0.3) is 0 Å². The van der Waals surface area contributed by atoms with E-state index >= 15 is 0 Å². The highest BCUT2D eigenvalue weighted by atomic mass is 19.4. The molecule has 27 heavy (non-hydrogen) atoms. The molecule has 0 aliphatic heterocycles. The van der Waals surface area contributed by atoms with E-state index in [1.165, 1.54) is 6.20 Å². The molecule has 0 aliphatic carbocycles. The van der Waals surface area contributed by atoms with Crippen LogP contribution in [0.5, 0.6) is 0 Å². The zero-order valence-corrected chi connectivity index (χ0v) is 13.9. The number of halogens is 6. The molecule has 1 amide bonds. The van der Waals surface area contributed by atoms with E-state index in [-0.39, 0.29) is 19.2 Å². The molecule has 2 N–H and O–H groups in total. The number of hydrogen-bond acceptors (Lipinski definition) is 3. The van der Waals surface area contributed by atoms with Crippen molar-refractivity contribution in [3.8, 4) is 0 Å². The third-order valence-electron chi connectivity index (χ3n) is 3.66. The SMILES string of the molecule is Cc1ncc(CN(CCO)C(=O)c2ccc(C(F)(F)F)cc2C(F)(F)F)[nH]1. The molecule has 2 aromatic rings. The second kappa shape index (κ2) is 7.59. The zero-order valence-electron chi connectivity index (χ0n) is 13.9. The minimum Gasteiger partial charge on any atom is -0.395 e. The van der Waals surface area contributed by atoms with Crippen molar-refractivity contribution in [1.82, 2.24) is 14.9 Å². The molecule has 0 radical (unpaired) electrons. The van der Waals surface area contributed by atoms with Gasteiger partial charge in [-0.15, -0.1) is 0 Å². The van der Waals surface area contributed by atoms with Gasteiger partial charge in [0.2, 0.25) is 0 Å². The van der Waals surface area contributed by atoms with E-state index in [1.807, 2.05) is 0 Å². The molecule has 0 saturated heterocycles. The highest BCUT2D eigenvalue weighted by molar-refractivity contribution is 5.96. The minimum atomic E-state index is -5.16. The molecule has 0 spiro atoms. The topological polar surface area (TPSA) is 69.2 Å². The van der Waals surface area contributed by atoms with Crippen LogP contribution in [0.1, 0.15) is 33.0 Å². The van der Waals surface area contributed by atoms with E-state index in [0.717, 1.165) is 4.90 Å². The minimum absolute atomic E-state index is 0.0926. The number of alkyl halides is 6. The molecule has 1 aromatic heterocycles. The first-order valence-corrected chi connectivity index (χ1v) is 7.62. The Bertz CT molecular complexity index is 813. The van der Waals surface area contributed by atoms with Crippen LogP contribution in [-0.4, -0.2) is 39.0 Å². The highest BCUT2D eigenvalue weighted by Gasteiger charge is 2.40. The zero-order chi connectivity index (χ0) is 20.4. The quantitative estimate of drug-likeness (QED) is 0.763. The Kier molecular flexibility index (Phi) is 5.83. The number of carbonyl (C=O) groups excluding carboxylic acids is 1. The van der Waals surface area contributed by atoms with Crippen molar-refractivity contribution in [3.63, 3.8) is 0 Å². The van der Waals surface area contributed by atoms with Crippen LogP contribution in [0.3, 0.4) is 0 Å². The van der Waals surface area contributed by atoms with Crippen molar-refractivity contribution in [2.75, 3.05) is 13.2 Å². The van der Waals surface area contributed by atoms with Crippen LogP contribution in [0.15, 0.2) is 24.4 Å². The molecule has 5 nitrogen and oxygen atoms in total. The number of nitrogens with zero attached hydrogens (tertiary/aromatic N) is 2. The van der Waals surface area contributed by atoms with Crippen molar-refractivity contribution >= 4 is 5.91 Å². The molecule has 0 aliphatic rings. The summed E-state index contributed by atoms with van der Waals surface area (Å²) in [4.78, 5) is 20.2. The third kappa shape index (κ3) is 5.00. The number of amides is 1. The number of aliphatic hydroxyl groups excluding tert-OH is 1. The molecule has 148 valence electrons. The van der Waals surface area contributed by atoms with E-state index < -0.39 is 41.6 Å². The maximum absolute atomic E-state index is 13.3. The number of H-pyrrole nitrogens is 1. The molecule has 1 aromatic carbocycles. The first kappa shape index (κ1) is 20.7. The smallest absolute Gasteiger partial charge is 0.395 e. The molecule has 1 heterocycles. The summed E-state index contributed by atoms with van der Waals surface area (Å²) in [7, 11) is 0. The van der Waals surface area contributed by atoms with E-state index in [1.54, 1.807) is 6.92 Å². The summed E-state index contributed by atoms with van der Waals surface area (Å²) in [6.07, 6.45) is -8.79. The number of carbonyl (C=O) groups is 1. The number of nitrogens with one attached hydrogen (secondary N) is 1. The third-order valence-corrected chi connectivity index (χ3v) is 3.66. The second-order valence-corrected chi connectivity index (χ2v) is 5.70. The van der Waals surface area contributed by atoms with Crippen molar-refractivity contribution < 1.29 is 36.2 Å². The van der Waals surface area contributed by atoms with Gasteiger partial charge in [0.25, 0.3) is 5.91 Å². The van der Waals surface area contributed by atoms with Crippen LogP contribution in [0, 0.1) is 6.92 Å². The first-order valence-electron chi connectivity index (χ1n) is 7.62. The summed E-state index contributed by atoms with van der Waals surface area (Å²) in [6, 6.07) is 0.821. The predicted molar refractivity (Wildman–Crippen MR) is 81.6 cm³/mol. The maximum Gasteiger partial charge on any atom is 0.417 e. The molecule has 0 unspecified atom stereocenters. The predicted octanol–water partition coefficient (Wildman–Crippen LogP) is 3.39. The first-order chi connectivity index (χ1) is 12.4. The maximum atomic E-state index is 13.3. The summed E-state index contributed by atoms with van der Waals surface area (Å²) in [5.41, 5.74) is -3.73. The highest BCUT2D eigenvalue weighted by Crippen LogP contribution is 2.37. The van der Waals surface area contributed by atoms with Gasteiger partial charge in [-0.2, -0.15) is 26.3 Å². The number of aromatic amines is 1. The Morgan fingerprint density at radius 2 is 1.85 bits per heavy atom. The van der Waals surface area contributed by atoms with Gasteiger partial charge >= 0.3 is 12.4 Å². The summed E-state index contributed by atoms with van der Waals surface area (Å²) >= 11 is 0. The van der Waals surface area contributed by atoms with Gasteiger partial charge in [-0.3, -0.25) is 4.79 Å². The van der Waals surface area contributed by atoms with Gasteiger partial charge in [-0.25, -0.2) is 4.98 Å². The molecule has 0 bridgehead atoms. The van der Waals surface area contributed by atoms with Crippen molar-refractivity contribution in [1.29, 1.82) is 0 Å². The van der Waals surface area contributed by atoms with E-state index in [2.05, 4.69) is 9.97 Å². The Labute approximate surface area is 149 Å². The summed E-state index contributed by atoms with van der Waals surface area (Å²) < 4.78 is 78.0. The van der Waals surface area contributed by atoms with E-state index in [0.29, 0.717) is 23.7 Å². The van der Waals surface area contributed by atoms with Gasteiger partial charge in [0, 0.05) is 6.54 Å². The molecule has 0 saturated carbocycles. The summed E-state index contributed by atoms with van der Waals surface area (Å²) in [5.74, 6) is -0.649. The van der Waals surface area contributed by atoms with Crippen molar-refractivity contribution in [2.24, 2.45) is 0 Å². The number of aromatic nitrogens is 2. The average Bonchev–Trinajstić information content (AvgIpc) is 2.96. The average molecular weight is 395 g/mol. The van der Waals surface area contributed by atoms with Gasteiger partial charge < -0.3 is 15.0 Å². The lowest BCUT2D eigenvalue weighted by molar-refractivity contribution is -0.143. The molecular weight excluding hydrogens is 380 g/mol. The lowest BCUT2D eigenvalue weighted by atomic mass is 10.0. The van der Waals surface area contributed by atoms with Crippen LogP contribution in [0.2, 0.25) is 0 Å². The number of aryl methyl sites for hydroxylation is 1. The Morgan fingerprint density at radius 3 is 2.33 bits per heavy atom. The fraction of sp³-hybridized carbons (Fsp3) is 0.375. The van der Waals surface area contributed by atoms with Crippen molar-refractivity contribution in [2.45, 2.75) is 25.8 Å². The Balaban J connectivity index is 2.44. The van der Waals surface area contributed by atoms with Crippen LogP contribution in [0.4, 0.5) is 26.3 Å². The Morgan fingerprint density at radius 1 is 1.19 bits per heavy atom. The number of aliphatic hydroxyl groups is 1. The standard InChI is InChI=1S/C16H15F6N3O2/c1-9-23-7-11(24-9)8-25(4-5-26)14(27)12-3-2-10(15(17,18)19)6-13(12)16(20,21)22/h2-3,6-7,26H,4-5,8H2,1H3,(H,23,24). The van der Waals surface area contributed by atoms with Crippen LogP contribution >= 0.6 is 0 Å². The largest absolute Gasteiger partial charge is 0.417 e.